The zero-order chi connectivity index (χ0) is 10.1. The minimum Gasteiger partial charge on any atom is -0.446 e. The van der Waals surface area contributed by atoms with Gasteiger partial charge in [-0.1, -0.05) is 0 Å². The zero-order valence-corrected chi connectivity index (χ0v) is 8.36. The summed E-state index contributed by atoms with van der Waals surface area (Å²) in [6.07, 6.45) is 6.56. The summed E-state index contributed by atoms with van der Waals surface area (Å²) in [5.74, 6) is 0. The number of rotatable bonds is 2. The summed E-state index contributed by atoms with van der Waals surface area (Å²) in [6.45, 7) is 0. The second-order valence-electron chi connectivity index (χ2n) is 2.81. The van der Waals surface area contributed by atoms with Gasteiger partial charge in [-0.25, -0.2) is 15.0 Å². The summed E-state index contributed by atoms with van der Waals surface area (Å²) in [6, 6.07) is 1.85. The summed E-state index contributed by atoms with van der Waals surface area (Å²) >= 11 is 1.45. The molecule has 0 saturated carbocycles. The topological polar surface area (TPSA) is 67.6 Å². The lowest BCUT2D eigenvalue weighted by Crippen LogP contribution is -1.84. The number of aromatic nitrogens is 4. The molecular formula is C9H6N4OS. The van der Waals surface area contributed by atoms with Gasteiger partial charge in [0.15, 0.2) is 5.16 Å². The fraction of sp³-hybridized carbons (Fsp3) is 0. The number of aromatic amines is 1. The minimum atomic E-state index is 0.596. The largest absolute Gasteiger partial charge is 0.446 e. The first kappa shape index (κ1) is 8.49. The van der Waals surface area contributed by atoms with Crippen molar-refractivity contribution in [1.82, 2.24) is 19.9 Å². The van der Waals surface area contributed by atoms with Crippen LogP contribution in [-0.2, 0) is 0 Å². The van der Waals surface area contributed by atoms with Crippen molar-refractivity contribution < 1.29 is 4.42 Å². The summed E-state index contributed by atoms with van der Waals surface area (Å²) < 4.78 is 5.18. The van der Waals surface area contributed by atoms with Crippen molar-refractivity contribution in [2.45, 2.75) is 10.2 Å². The molecule has 0 fully saturated rings. The fourth-order valence-corrected chi connectivity index (χ4v) is 2.04. The molecule has 15 heavy (non-hydrogen) atoms. The molecule has 1 N–H and O–H groups in total. The Hall–Kier alpha value is -1.82. The van der Waals surface area contributed by atoms with Crippen molar-refractivity contribution in [3.63, 3.8) is 0 Å². The molecule has 0 aliphatic rings. The van der Waals surface area contributed by atoms with Crippen LogP contribution in [0.5, 0.6) is 0 Å². The zero-order valence-electron chi connectivity index (χ0n) is 7.54. The number of imidazole rings is 1. The molecule has 0 amide bonds. The van der Waals surface area contributed by atoms with Gasteiger partial charge in [0.1, 0.15) is 11.4 Å². The van der Waals surface area contributed by atoms with Gasteiger partial charge in [0.25, 0.3) is 0 Å². The van der Waals surface area contributed by atoms with Gasteiger partial charge >= 0.3 is 0 Å². The molecule has 0 spiro atoms. The average molecular weight is 218 g/mol. The standard InChI is InChI=1S/C9H6N4OS/c1-4-14-7-6(1)8(13-5-12-7)15-9-10-2-3-11-9/h1-5H,(H,10,11). The number of furan rings is 1. The van der Waals surface area contributed by atoms with Crippen LogP contribution < -0.4 is 0 Å². The van der Waals surface area contributed by atoms with Crippen LogP contribution in [0.2, 0.25) is 0 Å². The molecule has 3 rings (SSSR count). The Kier molecular flexibility index (Phi) is 1.92. The second-order valence-corrected chi connectivity index (χ2v) is 3.79. The monoisotopic (exact) mass is 218 g/mol. The first-order chi connectivity index (χ1) is 7.43. The van der Waals surface area contributed by atoms with E-state index in [2.05, 4.69) is 19.9 Å². The Balaban J connectivity index is 2.07. The number of fused-ring (bicyclic) bond motifs is 1. The first-order valence-corrected chi connectivity index (χ1v) is 5.10. The lowest BCUT2D eigenvalue weighted by atomic mass is 10.4. The van der Waals surface area contributed by atoms with E-state index in [9.17, 15) is 0 Å². The molecule has 3 heterocycles. The molecule has 0 unspecified atom stereocenters. The predicted molar refractivity (Wildman–Crippen MR) is 54.5 cm³/mol. The van der Waals surface area contributed by atoms with Crippen LogP contribution in [-0.4, -0.2) is 19.9 Å². The summed E-state index contributed by atoms with van der Waals surface area (Å²) in [5, 5.41) is 2.54. The Morgan fingerprint density at radius 1 is 1.27 bits per heavy atom. The molecule has 3 aromatic heterocycles. The van der Waals surface area contributed by atoms with Gasteiger partial charge in [-0.05, 0) is 17.8 Å². The molecule has 6 heteroatoms. The van der Waals surface area contributed by atoms with Crippen LogP contribution in [0.3, 0.4) is 0 Å². The summed E-state index contributed by atoms with van der Waals surface area (Å²) in [5.41, 5.74) is 0.596. The molecule has 0 radical (unpaired) electrons. The van der Waals surface area contributed by atoms with Gasteiger partial charge in [0.2, 0.25) is 5.71 Å². The lowest BCUT2D eigenvalue weighted by Gasteiger charge is -1.96. The number of nitrogens with zero attached hydrogens (tertiary/aromatic N) is 3. The van der Waals surface area contributed by atoms with Crippen molar-refractivity contribution in [3.05, 3.63) is 31.1 Å². The van der Waals surface area contributed by atoms with Crippen molar-refractivity contribution in [3.8, 4) is 0 Å². The third-order valence-corrected chi connectivity index (χ3v) is 2.83. The molecule has 0 aliphatic heterocycles. The van der Waals surface area contributed by atoms with Gasteiger partial charge < -0.3 is 9.40 Å². The molecule has 0 atom stereocenters. The maximum absolute atomic E-state index is 5.18. The van der Waals surface area contributed by atoms with E-state index in [-0.39, 0.29) is 0 Å². The highest BCUT2D eigenvalue weighted by Gasteiger charge is 2.08. The van der Waals surface area contributed by atoms with Crippen molar-refractivity contribution >= 4 is 22.9 Å². The van der Waals surface area contributed by atoms with Crippen LogP contribution in [0, 0.1) is 0 Å². The van der Waals surface area contributed by atoms with Crippen LogP contribution >= 0.6 is 11.8 Å². The molecule has 0 aromatic carbocycles. The van der Waals surface area contributed by atoms with E-state index in [4.69, 9.17) is 4.42 Å². The van der Waals surface area contributed by atoms with E-state index in [0.717, 1.165) is 15.6 Å². The normalized spacial score (nSPS) is 10.9. The fourth-order valence-electron chi connectivity index (χ4n) is 1.25. The van der Waals surface area contributed by atoms with Gasteiger partial charge in [0, 0.05) is 12.4 Å². The molecular weight excluding hydrogens is 212 g/mol. The maximum Gasteiger partial charge on any atom is 0.230 e. The average Bonchev–Trinajstić information content (AvgIpc) is 2.87. The minimum absolute atomic E-state index is 0.596. The third-order valence-electron chi connectivity index (χ3n) is 1.89. The Bertz CT molecular complexity index is 575. The molecule has 0 saturated heterocycles. The number of nitrogens with one attached hydrogen (secondary N) is 1. The van der Waals surface area contributed by atoms with Crippen molar-refractivity contribution in [2.24, 2.45) is 0 Å². The van der Waals surface area contributed by atoms with E-state index >= 15 is 0 Å². The number of H-pyrrole nitrogens is 1. The number of hydrogen-bond donors (Lipinski definition) is 1. The summed E-state index contributed by atoms with van der Waals surface area (Å²) in [4.78, 5) is 15.3. The van der Waals surface area contributed by atoms with E-state index in [1.165, 1.54) is 18.1 Å². The van der Waals surface area contributed by atoms with Crippen molar-refractivity contribution in [2.75, 3.05) is 0 Å². The van der Waals surface area contributed by atoms with Crippen LogP contribution in [0.15, 0.2) is 45.7 Å². The van der Waals surface area contributed by atoms with Crippen LogP contribution in [0.25, 0.3) is 11.1 Å². The smallest absolute Gasteiger partial charge is 0.230 e. The van der Waals surface area contributed by atoms with Crippen molar-refractivity contribution in [1.29, 1.82) is 0 Å². The summed E-state index contributed by atoms with van der Waals surface area (Å²) in [7, 11) is 0. The third kappa shape index (κ3) is 1.48. The van der Waals surface area contributed by atoms with E-state index in [1.54, 1.807) is 18.7 Å². The number of hydrogen-bond acceptors (Lipinski definition) is 5. The lowest BCUT2D eigenvalue weighted by molar-refractivity contribution is 0.601. The Morgan fingerprint density at radius 2 is 2.27 bits per heavy atom. The highest BCUT2D eigenvalue weighted by Crippen LogP contribution is 2.28. The molecule has 5 nitrogen and oxygen atoms in total. The first-order valence-electron chi connectivity index (χ1n) is 4.29. The van der Waals surface area contributed by atoms with Crippen LogP contribution in [0.4, 0.5) is 0 Å². The molecule has 0 bridgehead atoms. The predicted octanol–water partition coefficient (Wildman–Crippen LogP) is 2.10. The van der Waals surface area contributed by atoms with Gasteiger partial charge in [-0.2, -0.15) is 0 Å². The molecule has 74 valence electrons. The molecule has 0 aliphatic carbocycles. The van der Waals surface area contributed by atoms with Crippen LogP contribution in [0.1, 0.15) is 0 Å². The van der Waals surface area contributed by atoms with E-state index in [1.807, 2.05) is 6.07 Å². The quantitative estimate of drug-likeness (QED) is 0.667. The second kappa shape index (κ2) is 3.39. The van der Waals surface area contributed by atoms with Gasteiger partial charge in [0.05, 0.1) is 11.6 Å². The maximum atomic E-state index is 5.18. The molecule has 3 aromatic rings. The van der Waals surface area contributed by atoms with E-state index < -0.39 is 0 Å². The van der Waals surface area contributed by atoms with E-state index in [0.29, 0.717) is 5.71 Å². The van der Waals surface area contributed by atoms with Gasteiger partial charge in [-0.15, -0.1) is 0 Å². The Labute approximate surface area is 89.0 Å². The highest BCUT2D eigenvalue weighted by atomic mass is 32.2. The van der Waals surface area contributed by atoms with Gasteiger partial charge in [-0.3, -0.25) is 0 Å². The highest BCUT2D eigenvalue weighted by molar-refractivity contribution is 7.99. The Morgan fingerprint density at radius 3 is 3.13 bits per heavy atom. The SMILES string of the molecule is c1c[nH]c(Sc2ncnc3occc23)n1.